The minimum absolute atomic E-state index is 0.279. The molecule has 0 aliphatic heterocycles. The number of ether oxygens (including phenoxy) is 1. The summed E-state index contributed by atoms with van der Waals surface area (Å²) in [6.07, 6.45) is 3.72. The van der Waals surface area contributed by atoms with Crippen LogP contribution >= 0.6 is 0 Å². The standard InChI is InChI=1S/C11H14O2/c1-3-5-9-8-10(13-4-2)6-7-11(9)12/h3,5-8,12H,4H2,1-2H3. The number of hydrogen-bond acceptors (Lipinski definition) is 2. The number of phenolic OH excluding ortho intramolecular Hbond substituents is 1. The van der Waals surface area contributed by atoms with E-state index in [4.69, 9.17) is 4.74 Å². The summed E-state index contributed by atoms with van der Waals surface area (Å²) in [6.45, 7) is 4.48. The predicted molar refractivity (Wildman–Crippen MR) is 54.0 cm³/mol. The lowest BCUT2D eigenvalue weighted by atomic mass is 10.2. The van der Waals surface area contributed by atoms with Crippen molar-refractivity contribution in [3.63, 3.8) is 0 Å². The van der Waals surface area contributed by atoms with E-state index in [0.29, 0.717) is 6.61 Å². The fourth-order valence-corrected chi connectivity index (χ4v) is 1.10. The van der Waals surface area contributed by atoms with Gasteiger partial charge in [-0.05, 0) is 32.0 Å². The lowest BCUT2D eigenvalue weighted by Crippen LogP contribution is -1.91. The molecule has 0 aromatic heterocycles. The van der Waals surface area contributed by atoms with Gasteiger partial charge >= 0.3 is 0 Å². The monoisotopic (exact) mass is 178 g/mol. The van der Waals surface area contributed by atoms with Gasteiger partial charge in [-0.25, -0.2) is 0 Å². The van der Waals surface area contributed by atoms with E-state index in [1.54, 1.807) is 12.1 Å². The van der Waals surface area contributed by atoms with Gasteiger partial charge in [0, 0.05) is 5.56 Å². The van der Waals surface area contributed by atoms with Gasteiger partial charge in [0.2, 0.25) is 0 Å². The Morgan fingerprint density at radius 1 is 1.46 bits per heavy atom. The molecule has 13 heavy (non-hydrogen) atoms. The molecule has 70 valence electrons. The molecule has 1 aromatic carbocycles. The molecule has 2 heteroatoms. The topological polar surface area (TPSA) is 29.5 Å². The van der Waals surface area contributed by atoms with E-state index in [2.05, 4.69) is 0 Å². The summed E-state index contributed by atoms with van der Waals surface area (Å²) in [4.78, 5) is 0. The van der Waals surface area contributed by atoms with Crippen molar-refractivity contribution in [1.82, 2.24) is 0 Å². The van der Waals surface area contributed by atoms with Crippen LogP contribution in [0.2, 0.25) is 0 Å². The highest BCUT2D eigenvalue weighted by Crippen LogP contribution is 2.24. The lowest BCUT2D eigenvalue weighted by Gasteiger charge is -2.04. The van der Waals surface area contributed by atoms with Gasteiger partial charge in [0.25, 0.3) is 0 Å². The molecule has 0 saturated carbocycles. The molecule has 0 unspecified atom stereocenters. The molecule has 0 saturated heterocycles. The summed E-state index contributed by atoms with van der Waals surface area (Å²) >= 11 is 0. The Hall–Kier alpha value is -1.44. The summed E-state index contributed by atoms with van der Waals surface area (Å²) in [5.74, 6) is 1.06. The van der Waals surface area contributed by atoms with Crippen LogP contribution < -0.4 is 4.74 Å². The van der Waals surface area contributed by atoms with Crippen molar-refractivity contribution in [2.24, 2.45) is 0 Å². The van der Waals surface area contributed by atoms with Crippen molar-refractivity contribution in [3.05, 3.63) is 29.8 Å². The molecule has 1 aromatic rings. The quantitative estimate of drug-likeness (QED) is 0.771. The van der Waals surface area contributed by atoms with Crippen molar-refractivity contribution >= 4 is 6.08 Å². The van der Waals surface area contributed by atoms with Crippen LogP contribution in [0, 0.1) is 0 Å². The normalized spacial score (nSPS) is 10.6. The summed E-state index contributed by atoms with van der Waals surface area (Å²) in [5, 5.41) is 9.43. The Kier molecular flexibility index (Phi) is 3.38. The van der Waals surface area contributed by atoms with Gasteiger partial charge < -0.3 is 9.84 Å². The molecule has 0 spiro atoms. The summed E-state index contributed by atoms with van der Waals surface area (Å²) in [7, 11) is 0. The number of aromatic hydroxyl groups is 1. The van der Waals surface area contributed by atoms with E-state index >= 15 is 0 Å². The molecular weight excluding hydrogens is 164 g/mol. The molecule has 0 atom stereocenters. The molecule has 0 aliphatic rings. The second-order valence-electron chi connectivity index (χ2n) is 2.65. The van der Waals surface area contributed by atoms with E-state index in [9.17, 15) is 5.11 Å². The third-order valence-electron chi connectivity index (χ3n) is 1.66. The molecule has 0 aliphatic carbocycles. The average Bonchev–Trinajstić information content (AvgIpc) is 2.12. The highest BCUT2D eigenvalue weighted by Gasteiger charge is 1.99. The maximum atomic E-state index is 9.43. The van der Waals surface area contributed by atoms with E-state index in [1.165, 1.54) is 0 Å². The number of hydrogen-bond donors (Lipinski definition) is 1. The molecule has 0 bridgehead atoms. The maximum absolute atomic E-state index is 9.43. The molecule has 0 heterocycles. The van der Waals surface area contributed by atoms with Crippen LogP contribution in [0.4, 0.5) is 0 Å². The molecule has 0 amide bonds. The first-order valence-corrected chi connectivity index (χ1v) is 4.36. The van der Waals surface area contributed by atoms with Crippen LogP contribution in [0.1, 0.15) is 19.4 Å². The first-order chi connectivity index (χ1) is 6.27. The Balaban J connectivity index is 2.96. The summed E-state index contributed by atoms with van der Waals surface area (Å²) < 4.78 is 5.30. The Labute approximate surface area is 78.5 Å². The zero-order valence-electron chi connectivity index (χ0n) is 7.95. The predicted octanol–water partition coefficient (Wildman–Crippen LogP) is 2.82. The Morgan fingerprint density at radius 3 is 2.85 bits per heavy atom. The first-order valence-electron chi connectivity index (χ1n) is 4.36. The minimum Gasteiger partial charge on any atom is -0.507 e. The smallest absolute Gasteiger partial charge is 0.123 e. The van der Waals surface area contributed by atoms with Gasteiger partial charge in [0.15, 0.2) is 0 Å². The average molecular weight is 178 g/mol. The Bertz CT molecular complexity index is 303. The van der Waals surface area contributed by atoms with Crippen LogP contribution in [0.3, 0.4) is 0 Å². The lowest BCUT2D eigenvalue weighted by molar-refractivity contribution is 0.339. The van der Waals surface area contributed by atoms with Gasteiger partial charge in [0.05, 0.1) is 6.61 Å². The third-order valence-corrected chi connectivity index (χ3v) is 1.66. The van der Waals surface area contributed by atoms with E-state index in [-0.39, 0.29) is 5.75 Å². The number of rotatable bonds is 3. The van der Waals surface area contributed by atoms with Crippen molar-refractivity contribution in [2.75, 3.05) is 6.61 Å². The highest BCUT2D eigenvalue weighted by molar-refractivity contribution is 5.58. The number of phenols is 1. The number of benzene rings is 1. The fourth-order valence-electron chi connectivity index (χ4n) is 1.10. The molecule has 1 N–H and O–H groups in total. The zero-order valence-corrected chi connectivity index (χ0v) is 7.95. The van der Waals surface area contributed by atoms with E-state index in [0.717, 1.165) is 11.3 Å². The maximum Gasteiger partial charge on any atom is 0.123 e. The molecule has 0 fully saturated rings. The largest absolute Gasteiger partial charge is 0.507 e. The van der Waals surface area contributed by atoms with Gasteiger partial charge in [-0.15, -0.1) is 0 Å². The summed E-state index contributed by atoms with van der Waals surface area (Å²) in [6, 6.07) is 5.21. The highest BCUT2D eigenvalue weighted by atomic mass is 16.5. The zero-order chi connectivity index (χ0) is 9.68. The minimum atomic E-state index is 0.279. The van der Waals surface area contributed by atoms with Crippen molar-refractivity contribution in [3.8, 4) is 11.5 Å². The molecule has 0 radical (unpaired) electrons. The second-order valence-corrected chi connectivity index (χ2v) is 2.65. The van der Waals surface area contributed by atoms with Gasteiger partial charge in [0.1, 0.15) is 11.5 Å². The van der Waals surface area contributed by atoms with E-state index < -0.39 is 0 Å². The Morgan fingerprint density at radius 2 is 2.23 bits per heavy atom. The molecular formula is C11H14O2. The van der Waals surface area contributed by atoms with Crippen LogP contribution in [0.25, 0.3) is 6.08 Å². The summed E-state index contributed by atoms with van der Waals surface area (Å²) in [5.41, 5.74) is 0.786. The van der Waals surface area contributed by atoms with Crippen LogP contribution in [0.5, 0.6) is 11.5 Å². The molecule has 1 rings (SSSR count). The van der Waals surface area contributed by atoms with Crippen LogP contribution in [0.15, 0.2) is 24.3 Å². The van der Waals surface area contributed by atoms with Crippen LogP contribution in [-0.2, 0) is 0 Å². The second kappa shape index (κ2) is 4.55. The van der Waals surface area contributed by atoms with Crippen molar-refractivity contribution < 1.29 is 9.84 Å². The van der Waals surface area contributed by atoms with Crippen LogP contribution in [-0.4, -0.2) is 11.7 Å². The SMILES string of the molecule is CC=Cc1cc(OCC)ccc1O. The van der Waals surface area contributed by atoms with Gasteiger partial charge in [-0.2, -0.15) is 0 Å². The van der Waals surface area contributed by atoms with Gasteiger partial charge in [-0.1, -0.05) is 12.2 Å². The first kappa shape index (κ1) is 9.65. The van der Waals surface area contributed by atoms with E-state index in [1.807, 2.05) is 32.1 Å². The molecule has 2 nitrogen and oxygen atoms in total. The fraction of sp³-hybridized carbons (Fsp3) is 0.273. The number of allylic oxidation sites excluding steroid dienone is 1. The van der Waals surface area contributed by atoms with Crippen molar-refractivity contribution in [1.29, 1.82) is 0 Å². The van der Waals surface area contributed by atoms with Gasteiger partial charge in [-0.3, -0.25) is 0 Å². The van der Waals surface area contributed by atoms with Crippen molar-refractivity contribution in [2.45, 2.75) is 13.8 Å². The third kappa shape index (κ3) is 2.51.